The Bertz CT molecular complexity index is 257. The van der Waals surface area contributed by atoms with E-state index in [4.69, 9.17) is 9.47 Å². The molecule has 1 aliphatic heterocycles. The van der Waals surface area contributed by atoms with Crippen LogP contribution < -0.4 is 0 Å². The van der Waals surface area contributed by atoms with E-state index in [9.17, 15) is 4.79 Å². The number of ketones is 1. The molecular weight excluding hydrogens is 252 g/mol. The molecule has 0 N–H and O–H groups in total. The lowest BCUT2D eigenvalue weighted by molar-refractivity contribution is -0.152. The van der Waals surface area contributed by atoms with Crippen molar-refractivity contribution in [3.63, 3.8) is 0 Å². The van der Waals surface area contributed by atoms with Gasteiger partial charge in [-0.3, -0.25) is 4.79 Å². The summed E-state index contributed by atoms with van der Waals surface area (Å²) in [5.74, 6) is 0.286. The Hall–Kier alpha value is -0.410. The number of rotatable bonds is 11. The van der Waals surface area contributed by atoms with Gasteiger partial charge < -0.3 is 9.47 Å². The van der Waals surface area contributed by atoms with Crippen molar-refractivity contribution in [2.75, 3.05) is 20.3 Å². The Morgan fingerprint density at radius 3 is 2.10 bits per heavy atom. The van der Waals surface area contributed by atoms with Gasteiger partial charge in [0.05, 0.1) is 0 Å². The molecule has 20 heavy (non-hydrogen) atoms. The van der Waals surface area contributed by atoms with Crippen LogP contribution in [0.15, 0.2) is 0 Å². The van der Waals surface area contributed by atoms with Crippen LogP contribution in [-0.4, -0.2) is 31.7 Å². The average Bonchev–Trinajstić information content (AvgIpc) is 2.50. The molecule has 118 valence electrons. The van der Waals surface area contributed by atoms with Gasteiger partial charge in [0.25, 0.3) is 0 Å². The van der Waals surface area contributed by atoms with E-state index in [0.29, 0.717) is 19.6 Å². The van der Waals surface area contributed by atoms with E-state index in [-0.39, 0.29) is 5.78 Å². The molecule has 0 saturated carbocycles. The third-order valence-electron chi connectivity index (χ3n) is 4.46. The van der Waals surface area contributed by atoms with Gasteiger partial charge in [0.15, 0.2) is 5.78 Å². The third-order valence-corrected chi connectivity index (χ3v) is 4.46. The van der Waals surface area contributed by atoms with Crippen molar-refractivity contribution in [1.29, 1.82) is 0 Å². The number of ether oxygens (including phenoxy) is 2. The Morgan fingerprint density at radius 2 is 1.55 bits per heavy atom. The van der Waals surface area contributed by atoms with Crippen LogP contribution in [0.3, 0.4) is 0 Å². The molecule has 0 unspecified atom stereocenters. The number of hydrogen-bond donors (Lipinski definition) is 0. The van der Waals surface area contributed by atoms with E-state index in [2.05, 4.69) is 6.92 Å². The molecule has 1 heterocycles. The van der Waals surface area contributed by atoms with Crippen molar-refractivity contribution in [3.05, 3.63) is 0 Å². The number of unbranched alkanes of at least 4 members (excludes halogenated alkanes) is 7. The van der Waals surface area contributed by atoms with Gasteiger partial charge in [0.2, 0.25) is 0 Å². The van der Waals surface area contributed by atoms with Crippen LogP contribution in [0, 0.1) is 0 Å². The first-order chi connectivity index (χ1) is 9.75. The molecule has 1 rings (SSSR count). The van der Waals surface area contributed by atoms with Crippen LogP contribution in [0.2, 0.25) is 0 Å². The number of methoxy groups -OCH3 is 1. The zero-order chi connectivity index (χ0) is 14.7. The van der Waals surface area contributed by atoms with Crippen molar-refractivity contribution < 1.29 is 14.3 Å². The average molecular weight is 284 g/mol. The largest absolute Gasteiger partial charge is 0.381 e. The van der Waals surface area contributed by atoms with Crippen molar-refractivity contribution in [2.24, 2.45) is 0 Å². The first-order valence-electron chi connectivity index (χ1n) is 8.41. The van der Waals surface area contributed by atoms with Crippen LogP contribution >= 0.6 is 0 Å². The SMILES string of the molecule is CCCCCCCCCCC(=O)C1(OC)CCOCC1. The first kappa shape index (κ1) is 17.6. The second kappa shape index (κ2) is 10.3. The van der Waals surface area contributed by atoms with Crippen molar-refractivity contribution >= 4 is 5.78 Å². The molecule has 1 saturated heterocycles. The lowest BCUT2D eigenvalue weighted by Crippen LogP contribution is -2.45. The summed E-state index contributed by atoms with van der Waals surface area (Å²) < 4.78 is 10.9. The predicted octanol–water partition coefficient (Wildman–Crippen LogP) is 4.28. The highest BCUT2D eigenvalue weighted by Crippen LogP contribution is 2.27. The summed E-state index contributed by atoms with van der Waals surface area (Å²) in [7, 11) is 1.66. The van der Waals surface area contributed by atoms with Crippen LogP contribution in [0.25, 0.3) is 0 Å². The van der Waals surface area contributed by atoms with Crippen LogP contribution in [0.4, 0.5) is 0 Å². The first-order valence-corrected chi connectivity index (χ1v) is 8.41. The maximum absolute atomic E-state index is 12.3. The normalized spacial score (nSPS) is 18.1. The molecule has 0 atom stereocenters. The van der Waals surface area contributed by atoms with Crippen molar-refractivity contribution in [3.8, 4) is 0 Å². The van der Waals surface area contributed by atoms with Gasteiger partial charge in [-0.25, -0.2) is 0 Å². The van der Waals surface area contributed by atoms with Gasteiger partial charge in [-0.2, -0.15) is 0 Å². The van der Waals surface area contributed by atoms with Gasteiger partial charge >= 0.3 is 0 Å². The number of carbonyl (C=O) groups excluding carboxylic acids is 1. The molecule has 0 aromatic carbocycles. The zero-order valence-corrected chi connectivity index (χ0v) is 13.4. The molecule has 0 aliphatic carbocycles. The van der Waals surface area contributed by atoms with Gasteiger partial charge in [0.1, 0.15) is 5.60 Å². The summed E-state index contributed by atoms with van der Waals surface area (Å²) in [4.78, 5) is 12.3. The summed E-state index contributed by atoms with van der Waals surface area (Å²) in [5, 5.41) is 0. The van der Waals surface area contributed by atoms with E-state index in [1.165, 1.54) is 44.9 Å². The highest BCUT2D eigenvalue weighted by atomic mass is 16.5. The molecule has 0 aromatic rings. The molecule has 1 aliphatic rings. The second-order valence-corrected chi connectivity index (χ2v) is 5.96. The maximum Gasteiger partial charge on any atom is 0.164 e. The lowest BCUT2D eigenvalue weighted by Gasteiger charge is -2.34. The van der Waals surface area contributed by atoms with Crippen molar-refractivity contribution in [1.82, 2.24) is 0 Å². The summed E-state index contributed by atoms with van der Waals surface area (Å²) >= 11 is 0. The second-order valence-electron chi connectivity index (χ2n) is 5.96. The Labute approximate surface area is 124 Å². The Balaban J connectivity index is 2.09. The molecule has 1 fully saturated rings. The number of carbonyl (C=O) groups is 1. The van der Waals surface area contributed by atoms with E-state index in [0.717, 1.165) is 19.3 Å². The van der Waals surface area contributed by atoms with Crippen LogP contribution in [0.5, 0.6) is 0 Å². The predicted molar refractivity (Wildman–Crippen MR) is 82.0 cm³/mol. The summed E-state index contributed by atoms with van der Waals surface area (Å²) in [5.41, 5.74) is -0.542. The quantitative estimate of drug-likeness (QED) is 0.531. The fourth-order valence-corrected chi connectivity index (χ4v) is 2.95. The summed E-state index contributed by atoms with van der Waals surface area (Å²) in [6, 6.07) is 0. The van der Waals surface area contributed by atoms with Gasteiger partial charge in [-0.15, -0.1) is 0 Å². The summed E-state index contributed by atoms with van der Waals surface area (Å²) in [6.07, 6.45) is 12.3. The molecule has 3 nitrogen and oxygen atoms in total. The maximum atomic E-state index is 12.3. The van der Waals surface area contributed by atoms with E-state index in [1.54, 1.807) is 7.11 Å². The third kappa shape index (κ3) is 5.92. The molecule has 0 bridgehead atoms. The molecule has 0 amide bonds. The topological polar surface area (TPSA) is 35.5 Å². The fourth-order valence-electron chi connectivity index (χ4n) is 2.95. The zero-order valence-electron chi connectivity index (χ0n) is 13.4. The number of Topliss-reactive ketones (excluding diaryl/α,β-unsaturated/α-hetero) is 1. The highest BCUT2D eigenvalue weighted by molar-refractivity contribution is 5.87. The molecule has 3 heteroatoms. The molecular formula is C17H32O3. The van der Waals surface area contributed by atoms with E-state index >= 15 is 0 Å². The smallest absolute Gasteiger partial charge is 0.164 e. The Morgan fingerprint density at radius 1 is 1.00 bits per heavy atom. The van der Waals surface area contributed by atoms with Gasteiger partial charge in [-0.05, 0) is 6.42 Å². The standard InChI is InChI=1S/C17H32O3/c1-3-4-5-6-7-8-9-10-11-16(18)17(19-2)12-14-20-15-13-17/h3-15H2,1-2H3. The molecule has 0 radical (unpaired) electrons. The monoisotopic (exact) mass is 284 g/mol. The minimum absolute atomic E-state index is 0.286. The minimum atomic E-state index is -0.542. The lowest BCUT2D eigenvalue weighted by atomic mass is 9.86. The van der Waals surface area contributed by atoms with Gasteiger partial charge in [0, 0.05) is 39.6 Å². The van der Waals surface area contributed by atoms with Crippen LogP contribution in [0.1, 0.15) is 77.6 Å². The molecule has 0 spiro atoms. The fraction of sp³-hybridized carbons (Fsp3) is 0.941. The summed E-state index contributed by atoms with van der Waals surface area (Å²) in [6.45, 7) is 3.54. The number of hydrogen-bond acceptors (Lipinski definition) is 3. The van der Waals surface area contributed by atoms with E-state index < -0.39 is 5.60 Å². The van der Waals surface area contributed by atoms with Crippen LogP contribution in [-0.2, 0) is 14.3 Å². The highest BCUT2D eigenvalue weighted by Gasteiger charge is 2.39. The Kier molecular flexibility index (Phi) is 9.12. The van der Waals surface area contributed by atoms with Gasteiger partial charge in [-0.1, -0.05) is 51.9 Å². The molecule has 0 aromatic heterocycles. The van der Waals surface area contributed by atoms with Crippen molar-refractivity contribution in [2.45, 2.75) is 83.2 Å². The minimum Gasteiger partial charge on any atom is -0.381 e. The van der Waals surface area contributed by atoms with E-state index in [1.807, 2.05) is 0 Å².